The van der Waals surface area contributed by atoms with Gasteiger partial charge in [0.1, 0.15) is 10.1 Å². The van der Waals surface area contributed by atoms with E-state index >= 15 is 0 Å². The maximum Gasteiger partial charge on any atom is 0.341 e. The average molecular weight is 330 g/mol. The molecule has 20 heavy (non-hydrogen) atoms. The van der Waals surface area contributed by atoms with Gasteiger partial charge in [-0.2, -0.15) is 0 Å². The molecule has 2 rings (SSSR count). The highest BCUT2D eigenvalue weighted by Crippen LogP contribution is 2.33. The molecule has 0 radical (unpaired) electrons. The molecule has 0 atom stereocenters. The lowest BCUT2D eigenvalue weighted by Gasteiger charge is -2.09. The molecule has 1 saturated heterocycles. The van der Waals surface area contributed by atoms with Crippen molar-refractivity contribution in [1.82, 2.24) is 5.32 Å². The standard InChI is InChI=1S/C12H8ClNO4S2/c13-7-3-1-2-6(10(7)18-5-9(15)16)4-8-11(17)14-12(19)20-8/h1-4H,5H2,(H,15,16)(H,14,17,19). The first-order valence-electron chi connectivity index (χ1n) is 5.35. The van der Waals surface area contributed by atoms with Crippen molar-refractivity contribution in [3.8, 4) is 5.75 Å². The Hall–Kier alpha value is -1.57. The molecule has 1 heterocycles. The topological polar surface area (TPSA) is 75.6 Å². The van der Waals surface area contributed by atoms with Crippen LogP contribution in [0.2, 0.25) is 5.02 Å². The number of nitrogens with one attached hydrogen (secondary N) is 1. The fourth-order valence-corrected chi connectivity index (χ4v) is 2.76. The minimum atomic E-state index is -1.11. The molecule has 1 aliphatic rings. The van der Waals surface area contributed by atoms with E-state index in [0.29, 0.717) is 14.8 Å². The largest absolute Gasteiger partial charge is 0.480 e. The third-order valence-electron chi connectivity index (χ3n) is 2.27. The summed E-state index contributed by atoms with van der Waals surface area (Å²) in [5.74, 6) is -1.20. The molecular weight excluding hydrogens is 322 g/mol. The molecule has 0 spiro atoms. The summed E-state index contributed by atoms with van der Waals surface area (Å²) in [5, 5.41) is 11.4. The predicted molar refractivity (Wildman–Crippen MR) is 80.9 cm³/mol. The van der Waals surface area contributed by atoms with Crippen molar-refractivity contribution >= 4 is 57.9 Å². The zero-order valence-corrected chi connectivity index (χ0v) is 12.3. The Morgan fingerprint density at radius 2 is 2.30 bits per heavy atom. The summed E-state index contributed by atoms with van der Waals surface area (Å²) in [6, 6.07) is 4.93. The third kappa shape index (κ3) is 3.50. The van der Waals surface area contributed by atoms with Crippen LogP contribution < -0.4 is 10.1 Å². The molecular formula is C12H8ClNO4S2. The lowest BCUT2D eigenvalue weighted by Crippen LogP contribution is -2.17. The smallest absolute Gasteiger partial charge is 0.341 e. The first kappa shape index (κ1) is 14.8. The van der Waals surface area contributed by atoms with Crippen LogP contribution in [-0.2, 0) is 9.59 Å². The third-order valence-corrected chi connectivity index (χ3v) is 3.73. The summed E-state index contributed by atoms with van der Waals surface area (Å²) in [5.41, 5.74) is 0.515. The van der Waals surface area contributed by atoms with Gasteiger partial charge in [-0.25, -0.2) is 4.79 Å². The van der Waals surface area contributed by atoms with Crippen LogP contribution in [-0.4, -0.2) is 27.9 Å². The number of ether oxygens (including phenoxy) is 1. The van der Waals surface area contributed by atoms with Gasteiger partial charge in [-0.05, 0) is 12.1 Å². The maximum atomic E-state index is 11.6. The van der Waals surface area contributed by atoms with Crippen molar-refractivity contribution < 1.29 is 19.4 Å². The summed E-state index contributed by atoms with van der Waals surface area (Å²) >= 11 is 12.0. The van der Waals surface area contributed by atoms with Gasteiger partial charge in [0.2, 0.25) is 0 Å². The van der Waals surface area contributed by atoms with Crippen molar-refractivity contribution in [2.45, 2.75) is 0 Å². The predicted octanol–water partition coefficient (Wildman–Crippen LogP) is 2.29. The number of aliphatic carboxylic acids is 1. The quantitative estimate of drug-likeness (QED) is 0.652. The SMILES string of the molecule is O=C(O)COc1c(Cl)cccc1C=C1SC(=S)NC1=O. The number of thiocarbonyl (C=S) groups is 1. The summed E-state index contributed by atoms with van der Waals surface area (Å²) in [6.07, 6.45) is 1.56. The highest BCUT2D eigenvalue weighted by Gasteiger charge is 2.22. The van der Waals surface area contributed by atoms with Gasteiger partial charge in [-0.1, -0.05) is 47.7 Å². The number of carbonyl (C=O) groups is 2. The molecule has 1 fully saturated rings. The van der Waals surface area contributed by atoms with Gasteiger partial charge in [0.15, 0.2) is 6.61 Å². The molecule has 5 nitrogen and oxygen atoms in total. The number of thioether (sulfide) groups is 1. The van der Waals surface area contributed by atoms with Crippen LogP contribution in [0.5, 0.6) is 5.75 Å². The van der Waals surface area contributed by atoms with E-state index in [2.05, 4.69) is 5.32 Å². The Morgan fingerprint density at radius 1 is 1.55 bits per heavy atom. The Balaban J connectivity index is 2.34. The van der Waals surface area contributed by atoms with Crippen molar-refractivity contribution in [3.05, 3.63) is 33.7 Å². The van der Waals surface area contributed by atoms with Crippen LogP contribution in [0.25, 0.3) is 6.08 Å². The van der Waals surface area contributed by atoms with Gasteiger partial charge in [0.25, 0.3) is 5.91 Å². The first-order chi connectivity index (χ1) is 9.47. The second kappa shape index (κ2) is 6.25. The minimum Gasteiger partial charge on any atom is -0.480 e. The molecule has 0 saturated carbocycles. The molecule has 0 bridgehead atoms. The lowest BCUT2D eigenvalue weighted by atomic mass is 10.2. The molecule has 1 aliphatic heterocycles. The fourth-order valence-electron chi connectivity index (χ4n) is 1.49. The monoisotopic (exact) mass is 329 g/mol. The van der Waals surface area contributed by atoms with E-state index in [1.807, 2.05) is 0 Å². The van der Waals surface area contributed by atoms with Gasteiger partial charge in [-0.3, -0.25) is 4.79 Å². The van der Waals surface area contributed by atoms with E-state index in [0.717, 1.165) is 11.8 Å². The van der Waals surface area contributed by atoms with E-state index in [-0.39, 0.29) is 16.7 Å². The number of carbonyl (C=O) groups excluding carboxylic acids is 1. The fraction of sp³-hybridized carbons (Fsp3) is 0.0833. The zero-order chi connectivity index (χ0) is 14.7. The molecule has 0 unspecified atom stereocenters. The average Bonchev–Trinajstić information content (AvgIpc) is 2.67. The van der Waals surface area contributed by atoms with Crippen LogP contribution in [0.3, 0.4) is 0 Å². The van der Waals surface area contributed by atoms with Crippen LogP contribution in [0.15, 0.2) is 23.1 Å². The zero-order valence-electron chi connectivity index (χ0n) is 9.88. The number of halogens is 1. The number of rotatable bonds is 4. The number of carboxylic acid groups (broad SMARTS) is 1. The number of hydrogen-bond donors (Lipinski definition) is 2. The number of hydrogen-bond acceptors (Lipinski definition) is 5. The van der Waals surface area contributed by atoms with Crippen LogP contribution >= 0.6 is 35.6 Å². The molecule has 1 aromatic carbocycles. The van der Waals surface area contributed by atoms with Gasteiger partial charge in [-0.15, -0.1) is 0 Å². The van der Waals surface area contributed by atoms with Crippen molar-refractivity contribution in [2.75, 3.05) is 6.61 Å². The van der Waals surface area contributed by atoms with Gasteiger partial charge < -0.3 is 15.2 Å². The van der Waals surface area contributed by atoms with Crippen LogP contribution in [0.4, 0.5) is 0 Å². The lowest BCUT2D eigenvalue weighted by molar-refractivity contribution is -0.139. The Morgan fingerprint density at radius 3 is 2.90 bits per heavy atom. The second-order valence-corrected chi connectivity index (χ2v) is 5.82. The number of carboxylic acids is 1. The van der Waals surface area contributed by atoms with Crippen LogP contribution in [0.1, 0.15) is 5.56 Å². The summed E-state index contributed by atoms with van der Waals surface area (Å²) in [6.45, 7) is -0.516. The van der Waals surface area contributed by atoms with E-state index < -0.39 is 12.6 Å². The highest BCUT2D eigenvalue weighted by molar-refractivity contribution is 8.26. The van der Waals surface area contributed by atoms with Gasteiger partial charge in [0.05, 0.1) is 9.93 Å². The molecule has 0 aromatic heterocycles. The molecule has 0 aliphatic carbocycles. The van der Waals surface area contributed by atoms with E-state index in [1.165, 1.54) is 0 Å². The highest BCUT2D eigenvalue weighted by atomic mass is 35.5. The molecule has 8 heteroatoms. The Kier molecular flexibility index (Phi) is 4.64. The normalized spacial score (nSPS) is 16.4. The van der Waals surface area contributed by atoms with E-state index in [9.17, 15) is 9.59 Å². The van der Waals surface area contributed by atoms with Gasteiger partial charge >= 0.3 is 5.97 Å². The minimum absolute atomic E-state index is 0.218. The molecule has 104 valence electrons. The van der Waals surface area contributed by atoms with Crippen molar-refractivity contribution in [2.24, 2.45) is 0 Å². The Labute approximate surface area is 128 Å². The maximum absolute atomic E-state index is 11.6. The van der Waals surface area contributed by atoms with Crippen molar-refractivity contribution in [1.29, 1.82) is 0 Å². The summed E-state index contributed by atoms with van der Waals surface area (Å²) in [4.78, 5) is 22.6. The Bertz CT molecular complexity index is 630. The summed E-state index contributed by atoms with van der Waals surface area (Å²) < 4.78 is 5.52. The van der Waals surface area contributed by atoms with E-state index in [1.54, 1.807) is 24.3 Å². The van der Waals surface area contributed by atoms with Gasteiger partial charge in [0, 0.05) is 5.56 Å². The van der Waals surface area contributed by atoms with Crippen LogP contribution in [0, 0.1) is 0 Å². The molecule has 2 N–H and O–H groups in total. The second-order valence-electron chi connectivity index (χ2n) is 3.69. The molecule has 1 amide bonds. The number of benzene rings is 1. The first-order valence-corrected chi connectivity index (χ1v) is 6.95. The molecule has 1 aromatic rings. The number of amides is 1. The summed E-state index contributed by atoms with van der Waals surface area (Å²) in [7, 11) is 0. The number of para-hydroxylation sites is 1. The van der Waals surface area contributed by atoms with Crippen molar-refractivity contribution in [3.63, 3.8) is 0 Å². The van der Waals surface area contributed by atoms with E-state index in [4.69, 9.17) is 33.7 Å².